The largest absolute Gasteiger partial charge is 0.408 e. The molecule has 178 valence electrons. The summed E-state index contributed by atoms with van der Waals surface area (Å²) in [7, 11) is -2.08. The van der Waals surface area contributed by atoms with Crippen molar-refractivity contribution in [3.05, 3.63) is 0 Å². The summed E-state index contributed by atoms with van der Waals surface area (Å²) in [5.41, 5.74) is 0. The molecule has 2 rings (SSSR count). The van der Waals surface area contributed by atoms with E-state index < -0.39 is 19.9 Å². The maximum absolute atomic E-state index is 7.00. The van der Waals surface area contributed by atoms with Crippen LogP contribution in [0.3, 0.4) is 0 Å². The Labute approximate surface area is 194 Å². The Hall–Kier alpha value is 0.717. The fourth-order valence-corrected chi connectivity index (χ4v) is 7.58. The molecule has 0 N–H and O–H groups in total. The number of thioether (sulfide) groups is 2. The molecule has 4 atom stereocenters. The quantitative estimate of drug-likeness (QED) is 0.301. The molecular formula is C22H44O5S2Si. The van der Waals surface area contributed by atoms with Crippen molar-refractivity contribution in [3.8, 4) is 0 Å². The third-order valence-corrected chi connectivity index (χ3v) is 13.2. The maximum Gasteiger partial charge on any atom is 0.192 e. The molecule has 0 bridgehead atoms. The zero-order chi connectivity index (χ0) is 23.0. The Kier molecular flexibility index (Phi) is 8.91. The van der Waals surface area contributed by atoms with E-state index in [1.165, 1.54) is 0 Å². The van der Waals surface area contributed by atoms with Gasteiger partial charge in [-0.15, -0.1) is 23.5 Å². The molecule has 2 heterocycles. The monoisotopic (exact) mass is 480 g/mol. The topological polar surface area (TPSA) is 46.2 Å². The highest BCUT2D eigenvalue weighted by Gasteiger charge is 2.55. The van der Waals surface area contributed by atoms with Crippen molar-refractivity contribution in [2.75, 3.05) is 18.1 Å². The lowest BCUT2D eigenvalue weighted by Gasteiger charge is -2.43. The van der Waals surface area contributed by atoms with E-state index in [4.69, 9.17) is 23.4 Å². The third-order valence-electron chi connectivity index (χ3n) is 6.05. The molecule has 2 fully saturated rings. The van der Waals surface area contributed by atoms with Gasteiger partial charge < -0.3 is 23.4 Å². The molecule has 5 nitrogen and oxygen atoms in total. The zero-order valence-electron chi connectivity index (χ0n) is 20.9. The molecule has 0 saturated carbocycles. The lowest BCUT2D eigenvalue weighted by Crippen LogP contribution is -2.55. The van der Waals surface area contributed by atoms with Gasteiger partial charge in [-0.05, 0) is 57.3 Å². The molecular weight excluding hydrogens is 436 g/mol. The minimum atomic E-state index is -2.08. The van der Waals surface area contributed by atoms with Gasteiger partial charge in [0.05, 0.1) is 11.2 Å². The molecule has 8 heteroatoms. The number of ether oxygens (including phenoxy) is 4. The summed E-state index contributed by atoms with van der Waals surface area (Å²) in [5.74, 6) is 0.809. The number of hydrogen-bond donors (Lipinski definition) is 0. The lowest BCUT2D eigenvalue weighted by molar-refractivity contribution is -0.176. The standard InChI is InChI=1S/C22H44O5S2Si/c1-12-28-19(29-13-2)18-17(25-22(8,9)26-18)16(15-14-23-21(6,7)24-15)27-30(10,11)20(3,4)5/h15-19H,12-14H2,1-11H3/t15-,16+,17+,18-/m1/s1. The first-order valence-corrected chi connectivity index (χ1v) is 16.2. The summed E-state index contributed by atoms with van der Waals surface area (Å²) in [6.07, 6.45) is -0.702. The number of hydrogen-bond acceptors (Lipinski definition) is 7. The van der Waals surface area contributed by atoms with Gasteiger partial charge in [-0.3, -0.25) is 0 Å². The van der Waals surface area contributed by atoms with Gasteiger partial charge in [-0.25, -0.2) is 0 Å². The zero-order valence-corrected chi connectivity index (χ0v) is 23.5. The molecule has 0 aliphatic carbocycles. The summed E-state index contributed by atoms with van der Waals surface area (Å²) in [6, 6.07) is 0. The van der Waals surface area contributed by atoms with Crippen molar-refractivity contribution >= 4 is 31.8 Å². The van der Waals surface area contributed by atoms with Crippen molar-refractivity contribution in [1.82, 2.24) is 0 Å². The minimum absolute atomic E-state index is 0.0722. The predicted octanol–water partition coefficient (Wildman–Crippen LogP) is 5.88. The van der Waals surface area contributed by atoms with Gasteiger partial charge in [-0.1, -0.05) is 34.6 Å². The van der Waals surface area contributed by atoms with Gasteiger partial charge in [0.1, 0.15) is 24.4 Å². The summed E-state index contributed by atoms with van der Waals surface area (Å²) < 4.78 is 32.6. The van der Waals surface area contributed by atoms with Gasteiger partial charge in [-0.2, -0.15) is 0 Å². The van der Waals surface area contributed by atoms with Gasteiger partial charge in [0.2, 0.25) is 0 Å². The molecule has 2 aliphatic rings. The Balaban J connectivity index is 2.40. The average Bonchev–Trinajstić information content (AvgIpc) is 3.10. The Morgan fingerprint density at radius 3 is 1.90 bits per heavy atom. The van der Waals surface area contributed by atoms with E-state index in [1.807, 2.05) is 51.2 Å². The molecule has 30 heavy (non-hydrogen) atoms. The van der Waals surface area contributed by atoms with E-state index in [9.17, 15) is 0 Å². The van der Waals surface area contributed by atoms with Gasteiger partial charge in [0, 0.05) is 0 Å². The van der Waals surface area contributed by atoms with Crippen LogP contribution >= 0.6 is 23.5 Å². The fraction of sp³-hybridized carbons (Fsp3) is 1.00. The van der Waals surface area contributed by atoms with Gasteiger partial charge in [0.15, 0.2) is 19.9 Å². The van der Waals surface area contributed by atoms with Gasteiger partial charge in [0.25, 0.3) is 0 Å². The van der Waals surface area contributed by atoms with Crippen molar-refractivity contribution in [3.63, 3.8) is 0 Å². The highest BCUT2D eigenvalue weighted by molar-refractivity contribution is 8.17. The molecule has 0 unspecified atom stereocenters. The molecule has 0 amide bonds. The second-order valence-electron chi connectivity index (χ2n) is 10.6. The summed E-state index contributed by atoms with van der Waals surface area (Å²) in [6.45, 7) is 24.2. The third kappa shape index (κ3) is 6.62. The first-order valence-electron chi connectivity index (χ1n) is 11.2. The Morgan fingerprint density at radius 2 is 1.47 bits per heavy atom. The van der Waals surface area contributed by atoms with Crippen molar-refractivity contribution in [2.24, 2.45) is 0 Å². The normalized spacial score (nSPS) is 30.2. The number of rotatable bonds is 9. The van der Waals surface area contributed by atoms with E-state index in [0.717, 1.165) is 11.5 Å². The summed E-state index contributed by atoms with van der Waals surface area (Å²) in [4.78, 5) is 0. The van der Waals surface area contributed by atoms with Crippen molar-refractivity contribution < 1.29 is 23.4 Å². The van der Waals surface area contributed by atoms with Crippen LogP contribution in [-0.2, 0) is 23.4 Å². The van der Waals surface area contributed by atoms with E-state index in [2.05, 4.69) is 47.7 Å². The molecule has 0 aromatic heterocycles. The molecule has 2 aliphatic heterocycles. The fourth-order valence-electron chi connectivity index (χ4n) is 3.60. The summed E-state index contributed by atoms with van der Waals surface area (Å²) >= 11 is 3.86. The first-order chi connectivity index (χ1) is 13.6. The minimum Gasteiger partial charge on any atom is -0.408 e. The predicted molar refractivity (Wildman–Crippen MR) is 131 cm³/mol. The molecule has 0 aromatic carbocycles. The highest BCUT2D eigenvalue weighted by atomic mass is 32.2. The highest BCUT2D eigenvalue weighted by Crippen LogP contribution is 2.45. The van der Waals surface area contributed by atoms with Crippen LogP contribution in [0.1, 0.15) is 62.3 Å². The van der Waals surface area contributed by atoms with Crippen LogP contribution in [0.25, 0.3) is 0 Å². The SMILES string of the molecule is CCSC(SCC)[C@@H]1OC(C)(C)O[C@H]1[C@@H](O[Si](C)(C)C(C)(C)C)[C@H]1COC(C)(C)O1. The van der Waals surface area contributed by atoms with E-state index in [0.29, 0.717) is 6.61 Å². The van der Waals surface area contributed by atoms with Crippen molar-refractivity contribution in [1.29, 1.82) is 0 Å². The van der Waals surface area contributed by atoms with E-state index >= 15 is 0 Å². The Morgan fingerprint density at radius 1 is 0.933 bits per heavy atom. The second-order valence-corrected chi connectivity index (χ2v) is 18.4. The van der Waals surface area contributed by atoms with E-state index in [-0.39, 0.29) is 34.0 Å². The van der Waals surface area contributed by atoms with Crippen LogP contribution in [-0.4, -0.2) is 67.0 Å². The Bertz CT molecular complexity index is 558. The maximum atomic E-state index is 7.00. The van der Waals surface area contributed by atoms with Crippen molar-refractivity contribution in [2.45, 2.75) is 121 Å². The molecule has 0 spiro atoms. The van der Waals surface area contributed by atoms with Crippen LogP contribution in [0.2, 0.25) is 18.1 Å². The molecule has 0 radical (unpaired) electrons. The summed E-state index contributed by atoms with van der Waals surface area (Å²) in [5, 5.41) is 0.0838. The smallest absolute Gasteiger partial charge is 0.192 e. The molecule has 2 saturated heterocycles. The van der Waals surface area contributed by atoms with Crippen LogP contribution in [0, 0.1) is 0 Å². The van der Waals surface area contributed by atoms with Crippen LogP contribution in [0.4, 0.5) is 0 Å². The van der Waals surface area contributed by atoms with Crippen LogP contribution in [0.5, 0.6) is 0 Å². The van der Waals surface area contributed by atoms with Crippen LogP contribution in [0.15, 0.2) is 0 Å². The van der Waals surface area contributed by atoms with Gasteiger partial charge >= 0.3 is 0 Å². The first kappa shape index (κ1) is 27.0. The second kappa shape index (κ2) is 9.91. The average molecular weight is 481 g/mol. The molecule has 0 aromatic rings. The lowest BCUT2D eigenvalue weighted by atomic mass is 10.0. The van der Waals surface area contributed by atoms with E-state index in [1.54, 1.807) is 0 Å². The van der Waals surface area contributed by atoms with Crippen LogP contribution < -0.4 is 0 Å².